The molecule has 2 rings (SSSR count). The zero-order valence-electron chi connectivity index (χ0n) is 10.8. The van der Waals surface area contributed by atoms with Gasteiger partial charge in [0.2, 0.25) is 0 Å². The van der Waals surface area contributed by atoms with E-state index in [1.807, 2.05) is 12.1 Å². The van der Waals surface area contributed by atoms with Crippen molar-refractivity contribution in [2.75, 3.05) is 20.0 Å². The third kappa shape index (κ3) is 3.08. The molecule has 0 aliphatic heterocycles. The molecule has 5 nitrogen and oxygen atoms in total. The molecule has 0 amide bonds. The number of methoxy groups -OCH3 is 2. The Labute approximate surface area is 116 Å². The molecule has 0 radical (unpaired) electrons. The largest absolute Gasteiger partial charge is 0.493 e. The molecule has 100 valence electrons. The van der Waals surface area contributed by atoms with Crippen molar-refractivity contribution in [3.05, 3.63) is 36.3 Å². The first-order valence-electron chi connectivity index (χ1n) is 5.65. The van der Waals surface area contributed by atoms with Crippen LogP contribution in [-0.2, 0) is 5.75 Å². The van der Waals surface area contributed by atoms with E-state index in [1.165, 1.54) is 11.8 Å². The highest BCUT2D eigenvalue weighted by Gasteiger charge is 2.12. The first-order valence-corrected chi connectivity index (χ1v) is 6.64. The molecule has 19 heavy (non-hydrogen) atoms. The lowest BCUT2D eigenvalue weighted by molar-refractivity contribution is 0.350. The Bertz CT molecular complexity index is 563. The van der Waals surface area contributed by atoms with E-state index >= 15 is 0 Å². The van der Waals surface area contributed by atoms with E-state index in [0.717, 1.165) is 10.7 Å². The fraction of sp³-hybridized carbons (Fsp3) is 0.231. The lowest BCUT2D eigenvalue weighted by Gasteiger charge is -2.11. The predicted octanol–water partition coefficient (Wildman–Crippen LogP) is 2.37. The minimum absolute atomic E-state index is 0.613. The highest BCUT2D eigenvalue weighted by atomic mass is 32.2. The number of hydrogen-bond acceptors (Lipinski definition) is 6. The van der Waals surface area contributed by atoms with E-state index in [4.69, 9.17) is 15.2 Å². The van der Waals surface area contributed by atoms with Crippen molar-refractivity contribution < 1.29 is 9.47 Å². The molecule has 6 heteroatoms. The van der Waals surface area contributed by atoms with Crippen LogP contribution in [0.4, 0.5) is 5.69 Å². The highest BCUT2D eigenvalue weighted by Crippen LogP contribution is 2.33. The molecule has 2 aromatic rings. The van der Waals surface area contributed by atoms with Gasteiger partial charge in [-0.1, -0.05) is 11.8 Å². The van der Waals surface area contributed by atoms with E-state index in [2.05, 4.69) is 9.97 Å². The average Bonchev–Trinajstić information content (AvgIpc) is 2.45. The molecule has 0 aromatic carbocycles. The maximum Gasteiger partial charge on any atom is 0.183 e. The summed E-state index contributed by atoms with van der Waals surface area (Å²) in [7, 11) is 3.20. The topological polar surface area (TPSA) is 70.3 Å². The van der Waals surface area contributed by atoms with Crippen LogP contribution in [-0.4, -0.2) is 24.2 Å². The van der Waals surface area contributed by atoms with Crippen molar-refractivity contribution >= 4 is 17.4 Å². The number of nitrogens with zero attached hydrogens (tertiary/aromatic N) is 2. The van der Waals surface area contributed by atoms with Gasteiger partial charge in [-0.15, -0.1) is 0 Å². The van der Waals surface area contributed by atoms with Crippen LogP contribution in [0.25, 0.3) is 0 Å². The van der Waals surface area contributed by atoms with E-state index in [9.17, 15) is 0 Å². The van der Waals surface area contributed by atoms with Crippen LogP contribution in [0.15, 0.2) is 35.6 Å². The van der Waals surface area contributed by atoms with E-state index in [1.54, 1.807) is 32.7 Å². The molecule has 2 aromatic heterocycles. The molecule has 0 fully saturated rings. The van der Waals surface area contributed by atoms with Crippen LogP contribution in [0.5, 0.6) is 11.5 Å². The van der Waals surface area contributed by atoms with Crippen molar-refractivity contribution in [3.63, 3.8) is 0 Å². The van der Waals surface area contributed by atoms with Crippen LogP contribution in [0.2, 0.25) is 0 Å². The molecule has 2 N–H and O–H groups in total. The zero-order chi connectivity index (χ0) is 13.7. The molecule has 0 atom stereocenters. The van der Waals surface area contributed by atoms with Gasteiger partial charge in [-0.05, 0) is 12.1 Å². The molecule has 0 aliphatic rings. The van der Waals surface area contributed by atoms with Gasteiger partial charge in [0.05, 0.1) is 25.6 Å². The first-order chi connectivity index (χ1) is 9.26. The maximum atomic E-state index is 5.85. The molecule has 0 unspecified atom stereocenters. The molecule has 0 bridgehead atoms. The van der Waals surface area contributed by atoms with Gasteiger partial charge in [0, 0.05) is 24.2 Å². The SMILES string of the molecule is COc1ccnc(CSc2ncccc2N)c1OC. The Morgan fingerprint density at radius 2 is 2.00 bits per heavy atom. The number of aromatic nitrogens is 2. The highest BCUT2D eigenvalue weighted by molar-refractivity contribution is 7.98. The van der Waals surface area contributed by atoms with Crippen molar-refractivity contribution in [2.24, 2.45) is 0 Å². The third-order valence-electron chi connectivity index (χ3n) is 2.51. The summed E-state index contributed by atoms with van der Waals surface area (Å²) in [4.78, 5) is 8.54. The molecule has 0 saturated heterocycles. The van der Waals surface area contributed by atoms with Gasteiger partial charge in [-0.25, -0.2) is 4.98 Å². The lowest BCUT2D eigenvalue weighted by atomic mass is 10.3. The van der Waals surface area contributed by atoms with Crippen molar-refractivity contribution in [2.45, 2.75) is 10.8 Å². The summed E-state index contributed by atoms with van der Waals surface area (Å²) in [5.74, 6) is 1.93. The van der Waals surface area contributed by atoms with Gasteiger partial charge < -0.3 is 15.2 Å². The number of nitrogen functional groups attached to an aromatic ring is 1. The summed E-state index contributed by atoms with van der Waals surface area (Å²) in [6.45, 7) is 0. The van der Waals surface area contributed by atoms with Gasteiger partial charge in [-0.2, -0.15) is 0 Å². The van der Waals surface area contributed by atoms with Crippen molar-refractivity contribution in [1.29, 1.82) is 0 Å². The Morgan fingerprint density at radius 3 is 2.68 bits per heavy atom. The fourth-order valence-electron chi connectivity index (χ4n) is 1.61. The molecule has 0 spiro atoms. The lowest BCUT2D eigenvalue weighted by Crippen LogP contribution is -1.98. The van der Waals surface area contributed by atoms with Gasteiger partial charge in [0.25, 0.3) is 0 Å². The number of nitrogens with two attached hydrogens (primary N) is 1. The van der Waals surface area contributed by atoms with E-state index in [0.29, 0.717) is 22.9 Å². The Hall–Kier alpha value is -1.95. The summed E-state index contributed by atoms with van der Waals surface area (Å²) in [5, 5.41) is 0.786. The number of pyridine rings is 2. The number of hydrogen-bond donors (Lipinski definition) is 1. The smallest absolute Gasteiger partial charge is 0.183 e. The van der Waals surface area contributed by atoms with Crippen molar-refractivity contribution in [3.8, 4) is 11.5 Å². The molecule has 2 heterocycles. The predicted molar refractivity (Wildman–Crippen MR) is 75.6 cm³/mol. The van der Waals surface area contributed by atoms with Gasteiger partial charge in [-0.3, -0.25) is 4.98 Å². The second-order valence-electron chi connectivity index (χ2n) is 3.68. The minimum Gasteiger partial charge on any atom is -0.493 e. The van der Waals surface area contributed by atoms with E-state index in [-0.39, 0.29) is 0 Å². The standard InChI is InChI=1S/C13H15N3O2S/c1-17-11-5-7-15-10(12(11)18-2)8-19-13-9(14)4-3-6-16-13/h3-7H,8,14H2,1-2H3. The summed E-state index contributed by atoms with van der Waals surface area (Å²) in [6.07, 6.45) is 3.41. The van der Waals surface area contributed by atoms with Gasteiger partial charge in [0.15, 0.2) is 11.5 Å². The van der Waals surface area contributed by atoms with Crippen LogP contribution in [0, 0.1) is 0 Å². The molecular weight excluding hydrogens is 262 g/mol. The summed E-state index contributed by atoms with van der Waals surface area (Å²) >= 11 is 1.51. The third-order valence-corrected chi connectivity index (χ3v) is 3.54. The first kappa shape index (κ1) is 13.5. The van der Waals surface area contributed by atoms with Crippen LogP contribution in [0.3, 0.4) is 0 Å². The number of ether oxygens (including phenoxy) is 2. The average molecular weight is 277 g/mol. The maximum absolute atomic E-state index is 5.85. The van der Waals surface area contributed by atoms with Crippen LogP contribution < -0.4 is 15.2 Å². The van der Waals surface area contributed by atoms with Crippen LogP contribution >= 0.6 is 11.8 Å². The summed E-state index contributed by atoms with van der Waals surface area (Å²) in [6, 6.07) is 5.40. The monoisotopic (exact) mass is 277 g/mol. The number of anilines is 1. The Kier molecular flexibility index (Phi) is 4.46. The van der Waals surface area contributed by atoms with E-state index < -0.39 is 0 Å². The Balaban J connectivity index is 2.18. The second kappa shape index (κ2) is 6.29. The molecular formula is C13H15N3O2S. The van der Waals surface area contributed by atoms with Gasteiger partial charge in [0.1, 0.15) is 5.03 Å². The zero-order valence-corrected chi connectivity index (χ0v) is 11.6. The van der Waals surface area contributed by atoms with Crippen molar-refractivity contribution in [1.82, 2.24) is 9.97 Å². The quantitative estimate of drug-likeness (QED) is 0.846. The Morgan fingerprint density at radius 1 is 1.16 bits per heavy atom. The summed E-state index contributed by atoms with van der Waals surface area (Å²) in [5.41, 5.74) is 7.32. The second-order valence-corrected chi connectivity index (χ2v) is 4.64. The number of thioether (sulfide) groups is 1. The molecule has 0 saturated carbocycles. The fourth-order valence-corrected chi connectivity index (χ4v) is 2.46. The van der Waals surface area contributed by atoms with Gasteiger partial charge >= 0.3 is 0 Å². The van der Waals surface area contributed by atoms with Crippen LogP contribution in [0.1, 0.15) is 5.69 Å². The minimum atomic E-state index is 0.613. The normalized spacial score (nSPS) is 10.2. The summed E-state index contributed by atoms with van der Waals surface area (Å²) < 4.78 is 10.6. The molecule has 0 aliphatic carbocycles. The number of rotatable bonds is 5.